The van der Waals surface area contributed by atoms with Gasteiger partial charge in [-0.25, -0.2) is 4.99 Å². The van der Waals surface area contributed by atoms with E-state index in [1.165, 1.54) is 19.4 Å². The molecule has 25 heavy (non-hydrogen) atoms. The fraction of sp³-hybridized carbons (Fsp3) is 0.611. The molecule has 2 unspecified atom stereocenters. The molecule has 1 fully saturated rings. The quantitative estimate of drug-likeness (QED) is 0.353. The maximum atomic E-state index is 5.97. The van der Waals surface area contributed by atoms with Gasteiger partial charge in [-0.3, -0.25) is 4.90 Å². The third kappa shape index (κ3) is 7.27. The number of hydrogen-bond acceptors (Lipinski definition) is 4. The van der Waals surface area contributed by atoms with Gasteiger partial charge in [0, 0.05) is 18.7 Å². The van der Waals surface area contributed by atoms with Crippen LogP contribution in [0.4, 0.5) is 0 Å². The van der Waals surface area contributed by atoms with Gasteiger partial charge in [0.25, 0.3) is 0 Å². The zero-order valence-electron chi connectivity index (χ0n) is 15.4. The molecule has 0 radical (unpaired) electrons. The molecule has 1 aromatic rings. The normalized spacial score (nSPS) is 19.2. The lowest BCUT2D eigenvalue weighted by molar-refractivity contribution is 0.229. The first-order valence-electron chi connectivity index (χ1n) is 8.71. The number of hydrogen-bond donors (Lipinski definition) is 2. The molecule has 1 saturated heterocycles. The smallest absolute Gasteiger partial charge is 0.188 e. The van der Waals surface area contributed by atoms with E-state index in [9.17, 15) is 0 Å². The van der Waals surface area contributed by atoms with Gasteiger partial charge in [0.2, 0.25) is 0 Å². The van der Waals surface area contributed by atoms with Crippen molar-refractivity contribution in [3.05, 3.63) is 24.3 Å². The summed E-state index contributed by atoms with van der Waals surface area (Å²) in [6, 6.07) is 8.13. The van der Waals surface area contributed by atoms with Crippen molar-refractivity contribution >= 4 is 29.9 Å². The van der Waals surface area contributed by atoms with E-state index in [-0.39, 0.29) is 30.1 Å². The molecule has 0 amide bonds. The summed E-state index contributed by atoms with van der Waals surface area (Å²) in [6.07, 6.45) is 2.43. The molecule has 3 N–H and O–H groups in total. The van der Waals surface area contributed by atoms with Crippen molar-refractivity contribution in [3.63, 3.8) is 0 Å². The fourth-order valence-electron chi connectivity index (χ4n) is 2.99. The Bertz CT molecular complexity index is 542. The van der Waals surface area contributed by atoms with E-state index in [4.69, 9.17) is 15.2 Å². The lowest BCUT2D eigenvalue weighted by atomic mass is 10.2. The molecule has 1 aromatic carbocycles. The third-order valence-electron chi connectivity index (χ3n) is 4.32. The average Bonchev–Trinajstić information content (AvgIpc) is 3.06. The van der Waals surface area contributed by atoms with E-state index in [1.54, 1.807) is 7.11 Å². The number of likely N-dealkylation sites (N-methyl/N-ethyl adjacent to an activating group) is 1. The molecule has 0 bridgehead atoms. The Kier molecular flexibility index (Phi) is 9.96. The van der Waals surface area contributed by atoms with Crippen LogP contribution < -0.4 is 20.5 Å². The topological polar surface area (TPSA) is 72.1 Å². The maximum Gasteiger partial charge on any atom is 0.188 e. The standard InChI is InChI=1S/C18H30N4O2.HI/c1-4-22-10-6-7-15(22)13-21-18(19)20-12-14(2)24-17-9-5-8-16(11-17)23-3;/h5,8-9,11,14-15H,4,6-7,10,12-13H2,1-3H3,(H3,19,20,21);1H. The van der Waals surface area contributed by atoms with E-state index in [2.05, 4.69) is 22.1 Å². The van der Waals surface area contributed by atoms with Crippen molar-refractivity contribution in [1.29, 1.82) is 0 Å². The summed E-state index contributed by atoms with van der Waals surface area (Å²) in [6.45, 7) is 7.83. The van der Waals surface area contributed by atoms with Crippen molar-refractivity contribution in [1.82, 2.24) is 10.2 Å². The first-order valence-corrected chi connectivity index (χ1v) is 8.71. The zero-order valence-corrected chi connectivity index (χ0v) is 17.7. The first kappa shape index (κ1) is 21.8. The second-order valence-electron chi connectivity index (χ2n) is 6.14. The van der Waals surface area contributed by atoms with Crippen molar-refractivity contribution in [2.75, 3.05) is 33.3 Å². The Morgan fingerprint density at radius 2 is 2.20 bits per heavy atom. The van der Waals surface area contributed by atoms with Crippen LogP contribution in [-0.4, -0.2) is 56.3 Å². The van der Waals surface area contributed by atoms with Gasteiger partial charge in [-0.15, -0.1) is 24.0 Å². The Balaban J connectivity index is 0.00000312. The Morgan fingerprint density at radius 3 is 2.92 bits per heavy atom. The van der Waals surface area contributed by atoms with E-state index in [0.29, 0.717) is 18.5 Å². The summed E-state index contributed by atoms with van der Waals surface area (Å²) in [5.74, 6) is 2.04. The number of nitrogens with zero attached hydrogens (tertiary/aromatic N) is 2. The highest BCUT2D eigenvalue weighted by Gasteiger charge is 2.22. The predicted octanol–water partition coefficient (Wildman–Crippen LogP) is 2.47. The van der Waals surface area contributed by atoms with Gasteiger partial charge in [-0.2, -0.15) is 0 Å². The van der Waals surface area contributed by atoms with Gasteiger partial charge in [0.05, 0.1) is 13.7 Å². The molecular formula is C18H31IN4O2. The summed E-state index contributed by atoms with van der Waals surface area (Å²) in [4.78, 5) is 6.86. The minimum atomic E-state index is -0.0592. The molecular weight excluding hydrogens is 431 g/mol. The molecule has 2 atom stereocenters. The summed E-state index contributed by atoms with van der Waals surface area (Å²) in [7, 11) is 1.64. The molecule has 1 aliphatic rings. The second kappa shape index (κ2) is 11.4. The summed E-state index contributed by atoms with van der Waals surface area (Å²) in [5.41, 5.74) is 5.97. The minimum absolute atomic E-state index is 0. The van der Waals surface area contributed by atoms with Gasteiger partial charge in [0.1, 0.15) is 17.6 Å². The van der Waals surface area contributed by atoms with E-state index in [1.807, 2.05) is 31.2 Å². The molecule has 0 saturated carbocycles. The molecule has 1 aliphatic heterocycles. The first-order chi connectivity index (χ1) is 11.6. The van der Waals surface area contributed by atoms with E-state index >= 15 is 0 Å². The minimum Gasteiger partial charge on any atom is -0.497 e. The largest absolute Gasteiger partial charge is 0.497 e. The summed E-state index contributed by atoms with van der Waals surface area (Å²) in [5, 5.41) is 3.24. The number of rotatable bonds is 8. The number of ether oxygens (including phenoxy) is 2. The van der Waals surface area contributed by atoms with Crippen molar-refractivity contribution in [3.8, 4) is 11.5 Å². The Hall–Kier alpha value is -1.22. The highest BCUT2D eigenvalue weighted by atomic mass is 127. The second-order valence-corrected chi connectivity index (χ2v) is 6.14. The SMILES string of the molecule is CCN1CCCC1CNC(N)=NCC(C)Oc1cccc(OC)c1.I. The lowest BCUT2D eigenvalue weighted by Gasteiger charge is -2.23. The number of nitrogens with two attached hydrogens (primary N) is 1. The molecule has 1 heterocycles. The van der Waals surface area contributed by atoms with Crippen LogP contribution in [0, 0.1) is 0 Å². The monoisotopic (exact) mass is 462 g/mol. The number of aliphatic imine (C=N–C) groups is 1. The van der Waals surface area contributed by atoms with Crippen LogP contribution in [0.3, 0.4) is 0 Å². The van der Waals surface area contributed by atoms with Crippen molar-refractivity contribution in [2.45, 2.75) is 38.8 Å². The zero-order chi connectivity index (χ0) is 17.4. The Labute approximate surface area is 168 Å². The number of halogens is 1. The third-order valence-corrected chi connectivity index (χ3v) is 4.32. The average molecular weight is 462 g/mol. The maximum absolute atomic E-state index is 5.97. The van der Waals surface area contributed by atoms with Gasteiger partial charge >= 0.3 is 0 Å². The lowest BCUT2D eigenvalue weighted by Crippen LogP contribution is -2.43. The van der Waals surface area contributed by atoms with Gasteiger partial charge in [0.15, 0.2) is 5.96 Å². The van der Waals surface area contributed by atoms with E-state index in [0.717, 1.165) is 24.6 Å². The van der Waals surface area contributed by atoms with Crippen molar-refractivity contribution in [2.24, 2.45) is 10.7 Å². The van der Waals surface area contributed by atoms with Crippen LogP contribution in [0.5, 0.6) is 11.5 Å². The fourth-order valence-corrected chi connectivity index (χ4v) is 2.99. The van der Waals surface area contributed by atoms with Crippen LogP contribution in [0.1, 0.15) is 26.7 Å². The molecule has 0 spiro atoms. The number of guanidine groups is 1. The van der Waals surface area contributed by atoms with Gasteiger partial charge < -0.3 is 20.5 Å². The van der Waals surface area contributed by atoms with Gasteiger partial charge in [-0.1, -0.05) is 13.0 Å². The van der Waals surface area contributed by atoms with Crippen LogP contribution in [0.15, 0.2) is 29.3 Å². The van der Waals surface area contributed by atoms with Crippen LogP contribution in [0.25, 0.3) is 0 Å². The number of likely N-dealkylation sites (tertiary alicyclic amines) is 1. The summed E-state index contributed by atoms with van der Waals surface area (Å²) < 4.78 is 11.0. The van der Waals surface area contributed by atoms with Crippen LogP contribution >= 0.6 is 24.0 Å². The molecule has 7 heteroatoms. The van der Waals surface area contributed by atoms with Gasteiger partial charge in [-0.05, 0) is 45.0 Å². The van der Waals surface area contributed by atoms with Crippen molar-refractivity contribution < 1.29 is 9.47 Å². The van der Waals surface area contributed by atoms with E-state index < -0.39 is 0 Å². The Morgan fingerprint density at radius 1 is 1.44 bits per heavy atom. The number of benzene rings is 1. The predicted molar refractivity (Wildman–Crippen MR) is 113 cm³/mol. The molecule has 0 aromatic heterocycles. The highest BCUT2D eigenvalue weighted by molar-refractivity contribution is 14.0. The number of methoxy groups -OCH3 is 1. The van der Waals surface area contributed by atoms with Crippen LogP contribution in [0.2, 0.25) is 0 Å². The number of nitrogens with one attached hydrogen (secondary N) is 1. The molecule has 0 aliphatic carbocycles. The molecule has 2 rings (SSSR count). The molecule has 142 valence electrons. The highest BCUT2D eigenvalue weighted by Crippen LogP contribution is 2.20. The molecule has 6 nitrogen and oxygen atoms in total. The summed E-state index contributed by atoms with van der Waals surface area (Å²) >= 11 is 0. The van der Waals surface area contributed by atoms with Crippen LogP contribution in [-0.2, 0) is 0 Å².